The molecule has 7 fully saturated rings. The minimum Gasteiger partial charge on any atom is -0.459 e. The lowest BCUT2D eigenvalue weighted by Gasteiger charge is -2.51. The molecule has 0 unspecified atom stereocenters. The van der Waals surface area contributed by atoms with Crippen molar-refractivity contribution in [1.82, 2.24) is 0 Å². The van der Waals surface area contributed by atoms with Crippen molar-refractivity contribution in [1.29, 1.82) is 0 Å². The number of carbonyl (C=O) groups excluding carboxylic acids is 2. The van der Waals surface area contributed by atoms with Crippen LogP contribution in [-0.2, 0) is 52.2 Å². The molecular formula is C59H90O19. The first-order valence-electron chi connectivity index (χ1n) is 28.6. The van der Waals surface area contributed by atoms with Crippen LogP contribution >= 0.6 is 0 Å². The molecule has 8 heterocycles. The van der Waals surface area contributed by atoms with E-state index in [9.17, 15) is 50.4 Å². The topological polar surface area (TPSA) is 279 Å². The number of methoxy groups -OCH3 is 1. The molecule has 440 valence electrons. The largest absolute Gasteiger partial charge is 0.459 e. The lowest BCUT2D eigenvalue weighted by Crippen LogP contribution is -2.65. The van der Waals surface area contributed by atoms with Crippen LogP contribution in [0.25, 0.3) is 0 Å². The first kappa shape index (κ1) is 61.3. The van der Waals surface area contributed by atoms with Gasteiger partial charge in [0.15, 0.2) is 17.4 Å². The van der Waals surface area contributed by atoms with Gasteiger partial charge in [0.1, 0.15) is 24.1 Å². The van der Waals surface area contributed by atoms with E-state index in [-0.39, 0.29) is 88.6 Å². The van der Waals surface area contributed by atoms with Crippen molar-refractivity contribution in [2.75, 3.05) is 13.7 Å². The molecule has 0 aliphatic carbocycles. The Kier molecular flexibility index (Phi) is 19.9. The smallest absolute Gasteiger partial charge is 0.308 e. The minimum atomic E-state index is -2.35. The summed E-state index contributed by atoms with van der Waals surface area (Å²) >= 11 is 0. The van der Waals surface area contributed by atoms with Crippen LogP contribution in [0.1, 0.15) is 137 Å². The summed E-state index contributed by atoms with van der Waals surface area (Å²) in [5.41, 5.74) is 0.0189. The van der Waals surface area contributed by atoms with Gasteiger partial charge in [-0.05, 0) is 44.6 Å². The zero-order chi connectivity index (χ0) is 56.5. The SMILES string of the molecule is C=C/C=C/[C@@H](O)CC(=C)C[C@H]1O[C@@H]2[C@H](C)[C@@H](OC(=O)C[C@H]3C[C@H](O)C[C@@]4(C[C@@](C)(O)C[C@H](/C=C5\CO[C@@H]([C@@H]5C)[C@@H](C)C(=O)C[C@@H]5C[C@H](OC)C[C@@]6(C[C@@H](O)C[C@H](/C=C\CCC[C@H]7O[C@](O)(C[C@H](O)[C@H]7C)[C@H]2O)O6)O5)O4)O3)[C@@H]1O. The van der Waals surface area contributed by atoms with Gasteiger partial charge < -0.3 is 83.5 Å². The van der Waals surface area contributed by atoms with E-state index in [2.05, 4.69) is 13.2 Å². The molecule has 2 spiro atoms. The molecule has 24 atom stereocenters. The van der Waals surface area contributed by atoms with Gasteiger partial charge in [0.2, 0.25) is 0 Å². The summed E-state index contributed by atoms with van der Waals surface area (Å²) in [4.78, 5) is 28.4. The van der Waals surface area contributed by atoms with E-state index in [4.69, 9.17) is 42.6 Å². The van der Waals surface area contributed by atoms with Crippen molar-refractivity contribution >= 4 is 11.8 Å². The Morgan fingerprint density at radius 1 is 0.833 bits per heavy atom. The maximum absolute atomic E-state index is 14.2. The van der Waals surface area contributed by atoms with Crippen LogP contribution in [0.4, 0.5) is 0 Å². The van der Waals surface area contributed by atoms with E-state index in [0.29, 0.717) is 44.1 Å². The van der Waals surface area contributed by atoms with Crippen LogP contribution in [0.2, 0.25) is 0 Å². The van der Waals surface area contributed by atoms with Crippen LogP contribution < -0.4 is 0 Å². The van der Waals surface area contributed by atoms with Gasteiger partial charge in [-0.3, -0.25) is 9.59 Å². The highest BCUT2D eigenvalue weighted by atomic mass is 16.7. The minimum absolute atomic E-state index is 0.00261. The average Bonchev–Trinajstić information content (AvgIpc) is 3.70. The van der Waals surface area contributed by atoms with Crippen molar-refractivity contribution < 1.29 is 93.1 Å². The number of ether oxygens (including phenoxy) is 9. The van der Waals surface area contributed by atoms with Gasteiger partial charge in [-0.2, -0.15) is 0 Å². The first-order valence-corrected chi connectivity index (χ1v) is 28.6. The molecule has 7 saturated heterocycles. The fourth-order valence-corrected chi connectivity index (χ4v) is 13.9. The second kappa shape index (κ2) is 25.4. The van der Waals surface area contributed by atoms with Gasteiger partial charge in [0.25, 0.3) is 0 Å². The molecule has 8 N–H and O–H groups in total. The van der Waals surface area contributed by atoms with Crippen molar-refractivity contribution in [3.05, 3.63) is 60.8 Å². The van der Waals surface area contributed by atoms with E-state index < -0.39 is 138 Å². The molecule has 8 aliphatic rings. The molecule has 0 radical (unpaired) electrons. The molecule has 19 heteroatoms. The number of carbonyl (C=O) groups is 2. The number of fused-ring (bicyclic) bond motifs is 10. The third-order valence-electron chi connectivity index (χ3n) is 17.9. The first-order chi connectivity index (χ1) is 36.8. The molecule has 78 heavy (non-hydrogen) atoms. The number of hydrogen-bond acceptors (Lipinski definition) is 19. The second-order valence-electron chi connectivity index (χ2n) is 24.7. The quantitative estimate of drug-likeness (QED) is 0.101. The van der Waals surface area contributed by atoms with Crippen LogP contribution in [0, 0.1) is 23.7 Å². The molecular weight excluding hydrogens is 1010 g/mol. The Labute approximate surface area is 459 Å². The number of aliphatic hydroxyl groups excluding tert-OH is 6. The van der Waals surface area contributed by atoms with E-state index in [0.717, 1.165) is 5.57 Å². The lowest BCUT2D eigenvalue weighted by molar-refractivity contribution is -0.350. The number of ketones is 1. The highest BCUT2D eigenvalue weighted by Crippen LogP contribution is 2.47. The Morgan fingerprint density at radius 3 is 2.28 bits per heavy atom. The summed E-state index contributed by atoms with van der Waals surface area (Å²) in [6, 6.07) is 0. The summed E-state index contributed by atoms with van der Waals surface area (Å²) in [6.45, 7) is 16.9. The molecule has 0 aromatic carbocycles. The number of rotatable bonds is 7. The zero-order valence-corrected chi connectivity index (χ0v) is 46.5. The summed E-state index contributed by atoms with van der Waals surface area (Å²) in [5.74, 6) is -8.09. The van der Waals surface area contributed by atoms with Crippen molar-refractivity contribution in [2.24, 2.45) is 23.7 Å². The highest BCUT2D eigenvalue weighted by Gasteiger charge is 2.58. The van der Waals surface area contributed by atoms with Crippen molar-refractivity contribution in [3.63, 3.8) is 0 Å². The summed E-state index contributed by atoms with van der Waals surface area (Å²) in [7, 11) is 1.62. The summed E-state index contributed by atoms with van der Waals surface area (Å²) in [6.07, 6.45) is -2.39. The Bertz CT molecular complexity index is 2180. The standard InChI is InChI=1S/C59H90O19/c1-9-10-14-38(60)17-32(2)18-49-51(66)53-36(6)54(72-49)55(67)59(69)29-47(64)34(4)48(78-59)16-13-11-12-15-41-20-39(61)25-57(74-41)28-44(70-8)22-43(75-57)23-46(63)35(5)52-33(3)37(30-71-52)19-45-27-56(7,68)31-58(77-45)26-40(62)21-42(76-58)24-50(65)73-53/h9-10,12,14-15,19,33-36,38-45,47-49,51-55,60-62,64,66-69H,1-2,11,13,16-18,20-31H2,3-8H3/b14-10+,15-12-,37-19+/t33-,34-,35+,36-,38-,39+,40+,41+,42-,43+,44+,45+,47+,48-,49-,51-,52+,53-,54-,55+,56+,57-,58-,59-/m1/s1. The zero-order valence-electron chi connectivity index (χ0n) is 46.5. The molecule has 0 aromatic rings. The Hall–Kier alpha value is -2.80. The number of aliphatic hydroxyl groups is 8. The van der Waals surface area contributed by atoms with Gasteiger partial charge in [-0.15, -0.1) is 0 Å². The second-order valence-corrected chi connectivity index (χ2v) is 24.7. The molecule has 0 aromatic heterocycles. The molecule has 8 rings (SSSR count). The normalized spacial score (nSPS) is 48.7. The van der Waals surface area contributed by atoms with Gasteiger partial charge in [0, 0.05) is 95.0 Å². The lowest BCUT2D eigenvalue weighted by atomic mass is 9.78. The monoisotopic (exact) mass is 1100 g/mol. The third-order valence-corrected chi connectivity index (χ3v) is 17.9. The van der Waals surface area contributed by atoms with E-state index in [1.165, 1.54) is 12.2 Å². The van der Waals surface area contributed by atoms with Gasteiger partial charge in [-0.1, -0.05) is 82.9 Å². The molecule has 8 aliphatic heterocycles. The summed E-state index contributed by atoms with van der Waals surface area (Å²) in [5, 5.41) is 93.1. The number of hydrogen-bond donors (Lipinski definition) is 8. The van der Waals surface area contributed by atoms with E-state index >= 15 is 0 Å². The highest BCUT2D eigenvalue weighted by molar-refractivity contribution is 5.82. The maximum Gasteiger partial charge on any atom is 0.308 e. The molecule has 12 bridgehead atoms. The predicted molar refractivity (Wildman–Crippen MR) is 282 cm³/mol. The molecule has 0 saturated carbocycles. The van der Waals surface area contributed by atoms with Gasteiger partial charge in [0.05, 0.1) is 98.0 Å². The molecule has 19 nitrogen and oxygen atoms in total. The van der Waals surface area contributed by atoms with E-state index in [1.54, 1.807) is 27.0 Å². The Balaban J connectivity index is 1.08. The van der Waals surface area contributed by atoms with E-state index in [1.807, 2.05) is 39.0 Å². The predicted octanol–water partition coefficient (Wildman–Crippen LogP) is 4.22. The fraction of sp³-hybridized carbons (Fsp3) is 0.797. The molecule has 0 amide bonds. The number of esters is 1. The van der Waals surface area contributed by atoms with Crippen LogP contribution in [-0.4, -0.2) is 187 Å². The number of allylic oxidation sites excluding steroid dienone is 3. The van der Waals surface area contributed by atoms with Crippen molar-refractivity contribution in [2.45, 2.75) is 258 Å². The summed E-state index contributed by atoms with van der Waals surface area (Å²) < 4.78 is 57.8. The third kappa shape index (κ3) is 14.5. The maximum atomic E-state index is 14.2. The van der Waals surface area contributed by atoms with Crippen LogP contribution in [0.5, 0.6) is 0 Å². The van der Waals surface area contributed by atoms with Crippen LogP contribution in [0.3, 0.4) is 0 Å². The average molecular weight is 1100 g/mol. The van der Waals surface area contributed by atoms with Gasteiger partial charge in [-0.25, -0.2) is 0 Å². The van der Waals surface area contributed by atoms with Crippen molar-refractivity contribution in [3.8, 4) is 0 Å². The fourth-order valence-electron chi connectivity index (χ4n) is 13.9. The number of Topliss-reactive ketones (excluding diaryl/α,β-unsaturated/α-hetero) is 1. The van der Waals surface area contributed by atoms with Gasteiger partial charge >= 0.3 is 5.97 Å². The Morgan fingerprint density at radius 2 is 1.54 bits per heavy atom. The van der Waals surface area contributed by atoms with Crippen LogP contribution in [0.15, 0.2) is 60.8 Å².